The lowest BCUT2D eigenvalue weighted by atomic mass is 9.80. The van der Waals surface area contributed by atoms with Crippen LogP contribution < -0.4 is 0 Å². The van der Waals surface area contributed by atoms with Crippen molar-refractivity contribution in [3.63, 3.8) is 0 Å². The first-order chi connectivity index (χ1) is 10.1. The van der Waals surface area contributed by atoms with E-state index >= 15 is 0 Å². The van der Waals surface area contributed by atoms with Gasteiger partial charge in [0.25, 0.3) is 0 Å². The van der Waals surface area contributed by atoms with Crippen LogP contribution in [0, 0.1) is 11.8 Å². The number of carbonyl (C=O) groups excluding carboxylic acids is 1. The van der Waals surface area contributed by atoms with Gasteiger partial charge in [-0.3, -0.25) is 0 Å². The van der Waals surface area contributed by atoms with Crippen molar-refractivity contribution < 1.29 is 30.0 Å². The highest BCUT2D eigenvalue weighted by atomic mass is 16.6. The fourth-order valence-corrected chi connectivity index (χ4v) is 2.52. The van der Waals surface area contributed by atoms with E-state index in [0.29, 0.717) is 25.2 Å². The summed E-state index contributed by atoms with van der Waals surface area (Å²) in [6.45, 7) is 7.93. The van der Waals surface area contributed by atoms with Crippen LogP contribution in [0.1, 0.15) is 53.4 Å². The molecule has 1 heterocycles. The second kappa shape index (κ2) is 7.33. The summed E-state index contributed by atoms with van der Waals surface area (Å²) >= 11 is 0. The molecule has 0 aromatic carbocycles. The molecule has 0 aromatic rings. The van der Waals surface area contributed by atoms with Crippen molar-refractivity contribution in [3.05, 3.63) is 11.5 Å². The summed E-state index contributed by atoms with van der Waals surface area (Å²) in [5.41, 5.74) is -1.82. The minimum atomic E-state index is -1.82. The molecule has 0 bridgehead atoms. The van der Waals surface area contributed by atoms with Crippen molar-refractivity contribution in [3.8, 4) is 0 Å². The normalized spacial score (nSPS) is 23.1. The number of esters is 1. The number of hydrogen-bond donors (Lipinski definition) is 4. The maximum absolute atomic E-state index is 11.4. The molecule has 1 unspecified atom stereocenters. The van der Waals surface area contributed by atoms with E-state index in [4.69, 9.17) is 4.74 Å². The van der Waals surface area contributed by atoms with Crippen LogP contribution in [0.3, 0.4) is 0 Å². The van der Waals surface area contributed by atoms with Gasteiger partial charge in [-0.25, -0.2) is 4.79 Å². The van der Waals surface area contributed by atoms with Crippen molar-refractivity contribution >= 4 is 5.97 Å². The Morgan fingerprint density at radius 3 is 2.05 bits per heavy atom. The minimum absolute atomic E-state index is 0.152. The maximum atomic E-state index is 11.4. The third-order valence-electron chi connectivity index (χ3n) is 4.08. The van der Waals surface area contributed by atoms with E-state index in [0.717, 1.165) is 0 Å². The van der Waals surface area contributed by atoms with E-state index in [1.165, 1.54) is 0 Å². The summed E-state index contributed by atoms with van der Waals surface area (Å²) in [7, 11) is 0. The molecule has 3 atom stereocenters. The van der Waals surface area contributed by atoms with Crippen LogP contribution in [0.4, 0.5) is 0 Å². The highest BCUT2D eigenvalue weighted by Gasteiger charge is 2.52. The molecule has 0 amide bonds. The van der Waals surface area contributed by atoms with Gasteiger partial charge < -0.3 is 25.2 Å². The zero-order chi connectivity index (χ0) is 17.1. The van der Waals surface area contributed by atoms with E-state index in [1.807, 2.05) is 27.7 Å². The first kappa shape index (κ1) is 18.8. The average Bonchev–Trinajstić information content (AvgIpc) is 2.70. The lowest BCUT2D eigenvalue weighted by Crippen LogP contribution is -2.53. The summed E-state index contributed by atoms with van der Waals surface area (Å²) in [6.07, 6.45) is -0.867. The standard InChI is InChI=1S/C16H28O6/c1-9(2)5-6-11(17)16(21,8-7-10(3)4)14-12(18)13(19)15(20)22-14/h9-11,14,17-19,21H,5-8H2,1-4H3/t11?,14-,16-/m0/s1. The van der Waals surface area contributed by atoms with E-state index in [1.54, 1.807) is 0 Å². The molecule has 1 aliphatic rings. The fourth-order valence-electron chi connectivity index (χ4n) is 2.52. The summed E-state index contributed by atoms with van der Waals surface area (Å²) < 4.78 is 4.89. The van der Waals surface area contributed by atoms with Crippen LogP contribution in [0.15, 0.2) is 11.5 Å². The van der Waals surface area contributed by atoms with Gasteiger partial charge in [0.1, 0.15) is 5.60 Å². The molecule has 128 valence electrons. The SMILES string of the molecule is CC(C)CCC(O)[C@@](O)(CCC(C)C)[C@H]1OC(=O)C(O)=C1O. The summed E-state index contributed by atoms with van der Waals surface area (Å²) in [5, 5.41) is 40.6. The third kappa shape index (κ3) is 4.14. The van der Waals surface area contributed by atoms with Crippen molar-refractivity contribution in [2.75, 3.05) is 0 Å². The predicted octanol–water partition coefficient (Wildman–Crippen LogP) is 2.20. The molecule has 0 aliphatic carbocycles. The van der Waals surface area contributed by atoms with E-state index in [9.17, 15) is 25.2 Å². The van der Waals surface area contributed by atoms with Crippen LogP contribution in [0.2, 0.25) is 0 Å². The molecule has 0 aromatic heterocycles. The molecule has 0 spiro atoms. The van der Waals surface area contributed by atoms with Gasteiger partial charge in [0.05, 0.1) is 6.10 Å². The van der Waals surface area contributed by atoms with Gasteiger partial charge in [-0.2, -0.15) is 0 Å². The lowest BCUT2D eigenvalue weighted by molar-refractivity contribution is -0.175. The van der Waals surface area contributed by atoms with E-state index in [-0.39, 0.29) is 12.3 Å². The molecule has 4 N–H and O–H groups in total. The Labute approximate surface area is 131 Å². The Bertz CT molecular complexity index is 428. The third-order valence-corrected chi connectivity index (χ3v) is 4.08. The van der Waals surface area contributed by atoms with Crippen molar-refractivity contribution in [2.45, 2.75) is 71.2 Å². The highest BCUT2D eigenvalue weighted by Crippen LogP contribution is 2.36. The van der Waals surface area contributed by atoms with Gasteiger partial charge in [0, 0.05) is 0 Å². The first-order valence-corrected chi connectivity index (χ1v) is 7.83. The number of carbonyl (C=O) groups is 1. The number of cyclic esters (lactones) is 1. The number of rotatable bonds is 8. The van der Waals surface area contributed by atoms with Gasteiger partial charge in [0.2, 0.25) is 5.76 Å². The van der Waals surface area contributed by atoms with Crippen LogP contribution in [0.5, 0.6) is 0 Å². The second-order valence-electron chi connectivity index (χ2n) is 6.93. The van der Waals surface area contributed by atoms with Crippen molar-refractivity contribution in [1.82, 2.24) is 0 Å². The van der Waals surface area contributed by atoms with Gasteiger partial charge in [-0.1, -0.05) is 27.7 Å². The van der Waals surface area contributed by atoms with E-state index in [2.05, 4.69) is 0 Å². The van der Waals surface area contributed by atoms with Crippen LogP contribution in [0.25, 0.3) is 0 Å². The number of hydrogen-bond acceptors (Lipinski definition) is 6. The molecule has 1 rings (SSSR count). The first-order valence-electron chi connectivity index (χ1n) is 7.83. The Balaban J connectivity index is 2.98. The molecule has 6 heteroatoms. The summed E-state index contributed by atoms with van der Waals surface area (Å²) in [5.74, 6) is -2.08. The molecule has 0 saturated carbocycles. The molecular weight excluding hydrogens is 288 g/mol. The highest BCUT2D eigenvalue weighted by molar-refractivity contribution is 5.89. The molecule has 22 heavy (non-hydrogen) atoms. The molecule has 0 saturated heterocycles. The van der Waals surface area contributed by atoms with Crippen LogP contribution in [-0.2, 0) is 9.53 Å². The average molecular weight is 316 g/mol. The lowest BCUT2D eigenvalue weighted by Gasteiger charge is -2.37. The van der Waals surface area contributed by atoms with Gasteiger partial charge >= 0.3 is 5.97 Å². The van der Waals surface area contributed by atoms with E-state index < -0.39 is 35.3 Å². The fraction of sp³-hybridized carbons (Fsp3) is 0.812. The molecule has 0 fully saturated rings. The van der Waals surface area contributed by atoms with Crippen LogP contribution >= 0.6 is 0 Å². The maximum Gasteiger partial charge on any atom is 0.378 e. The Morgan fingerprint density at radius 2 is 1.64 bits per heavy atom. The van der Waals surface area contributed by atoms with Crippen molar-refractivity contribution in [2.24, 2.45) is 11.8 Å². The van der Waals surface area contributed by atoms with Gasteiger partial charge in [0.15, 0.2) is 11.9 Å². The zero-order valence-electron chi connectivity index (χ0n) is 13.7. The molecular formula is C16H28O6. The van der Waals surface area contributed by atoms with Crippen LogP contribution in [-0.4, -0.2) is 44.2 Å². The van der Waals surface area contributed by atoms with Gasteiger partial charge in [-0.05, 0) is 37.5 Å². The van der Waals surface area contributed by atoms with Gasteiger partial charge in [-0.15, -0.1) is 0 Å². The summed E-state index contributed by atoms with van der Waals surface area (Å²) in [4.78, 5) is 11.4. The monoisotopic (exact) mass is 316 g/mol. The Hall–Kier alpha value is -1.27. The molecule has 1 aliphatic heterocycles. The number of aliphatic hydroxyl groups is 4. The largest absolute Gasteiger partial charge is 0.505 e. The second-order valence-corrected chi connectivity index (χ2v) is 6.93. The number of aliphatic hydroxyl groups excluding tert-OH is 3. The molecule has 6 nitrogen and oxygen atoms in total. The Morgan fingerprint density at radius 1 is 1.09 bits per heavy atom. The molecule has 0 radical (unpaired) electrons. The minimum Gasteiger partial charge on any atom is -0.505 e. The quantitative estimate of drug-likeness (QED) is 0.511. The Kier molecular flexibility index (Phi) is 6.26. The smallest absolute Gasteiger partial charge is 0.378 e. The number of ether oxygens (including phenoxy) is 1. The predicted molar refractivity (Wildman–Crippen MR) is 81.3 cm³/mol. The van der Waals surface area contributed by atoms with Crippen molar-refractivity contribution in [1.29, 1.82) is 0 Å². The summed E-state index contributed by atoms with van der Waals surface area (Å²) in [6, 6.07) is 0. The zero-order valence-corrected chi connectivity index (χ0v) is 13.7. The topological polar surface area (TPSA) is 107 Å².